The van der Waals surface area contributed by atoms with Crippen molar-refractivity contribution in [2.45, 2.75) is 12.8 Å². The molecule has 26 heavy (non-hydrogen) atoms. The van der Waals surface area contributed by atoms with E-state index in [1.54, 1.807) is 19.2 Å². The van der Waals surface area contributed by atoms with Crippen LogP contribution in [0.15, 0.2) is 24.3 Å². The highest BCUT2D eigenvalue weighted by atomic mass is 16.6. The van der Waals surface area contributed by atoms with Gasteiger partial charge in [0, 0.05) is 25.7 Å². The summed E-state index contributed by atoms with van der Waals surface area (Å²) in [5.74, 6) is 0.207. The normalized spacial score (nSPS) is 11.0. The number of phenols is 1. The number of aromatic hydroxyl groups is 1. The van der Waals surface area contributed by atoms with Crippen LogP contribution in [0.2, 0.25) is 0 Å². The van der Waals surface area contributed by atoms with Crippen molar-refractivity contribution in [3.63, 3.8) is 0 Å². The molecule has 0 saturated carbocycles. The molecule has 0 fully saturated rings. The van der Waals surface area contributed by atoms with E-state index in [9.17, 15) is 9.90 Å². The van der Waals surface area contributed by atoms with Crippen LogP contribution in [-0.4, -0.2) is 77.5 Å². The number of carbonyl (C=O) groups excluding carboxylic acids is 1. The Morgan fingerprint density at radius 2 is 1.23 bits per heavy atom. The molecule has 7 heteroatoms. The fourth-order valence-corrected chi connectivity index (χ4v) is 2.03. The number of methoxy groups -OCH3 is 1. The minimum Gasteiger partial charge on any atom is -0.508 e. The second-order valence-electron chi connectivity index (χ2n) is 5.52. The molecule has 1 aromatic rings. The fraction of sp³-hybridized carbons (Fsp3) is 0.632. The molecule has 0 saturated heterocycles. The van der Waals surface area contributed by atoms with Gasteiger partial charge in [0.15, 0.2) is 5.78 Å². The van der Waals surface area contributed by atoms with E-state index in [4.69, 9.17) is 23.7 Å². The molecule has 0 spiro atoms. The molecular weight excluding hydrogens is 340 g/mol. The van der Waals surface area contributed by atoms with Crippen LogP contribution in [0.3, 0.4) is 0 Å². The van der Waals surface area contributed by atoms with Crippen molar-refractivity contribution in [2.24, 2.45) is 0 Å². The molecule has 1 aromatic carbocycles. The molecular formula is C19H30O7. The lowest BCUT2D eigenvalue weighted by molar-refractivity contribution is -0.00793. The van der Waals surface area contributed by atoms with Crippen molar-refractivity contribution in [1.82, 2.24) is 0 Å². The first-order valence-electron chi connectivity index (χ1n) is 8.86. The highest BCUT2D eigenvalue weighted by Gasteiger charge is 2.05. The Morgan fingerprint density at radius 1 is 0.769 bits per heavy atom. The van der Waals surface area contributed by atoms with E-state index in [2.05, 4.69) is 0 Å². The summed E-state index contributed by atoms with van der Waals surface area (Å²) in [6.45, 7) is 4.81. The van der Waals surface area contributed by atoms with Crippen LogP contribution in [0.4, 0.5) is 0 Å². The van der Waals surface area contributed by atoms with Gasteiger partial charge >= 0.3 is 0 Å². The second-order valence-corrected chi connectivity index (χ2v) is 5.52. The quantitative estimate of drug-likeness (QED) is 0.332. The molecule has 0 aromatic heterocycles. The first-order chi connectivity index (χ1) is 12.7. The maximum atomic E-state index is 11.9. The van der Waals surface area contributed by atoms with Crippen LogP contribution in [0, 0.1) is 0 Å². The predicted octanol–water partition coefficient (Wildman–Crippen LogP) is 2.07. The van der Waals surface area contributed by atoms with Gasteiger partial charge in [0.05, 0.1) is 52.9 Å². The summed E-state index contributed by atoms with van der Waals surface area (Å²) in [6.07, 6.45) is 1.08. The minimum atomic E-state index is 0.0493. The number of benzene rings is 1. The summed E-state index contributed by atoms with van der Waals surface area (Å²) in [5, 5.41) is 9.19. The topological polar surface area (TPSA) is 83.5 Å². The largest absolute Gasteiger partial charge is 0.508 e. The predicted molar refractivity (Wildman–Crippen MR) is 96.8 cm³/mol. The number of ketones is 1. The van der Waals surface area contributed by atoms with Gasteiger partial charge in [-0.2, -0.15) is 0 Å². The highest BCUT2D eigenvalue weighted by Crippen LogP contribution is 2.12. The van der Waals surface area contributed by atoms with Gasteiger partial charge in [0.2, 0.25) is 0 Å². The van der Waals surface area contributed by atoms with E-state index in [-0.39, 0.29) is 11.5 Å². The lowest BCUT2D eigenvalue weighted by Crippen LogP contribution is -2.13. The van der Waals surface area contributed by atoms with Gasteiger partial charge in [-0.25, -0.2) is 0 Å². The van der Waals surface area contributed by atoms with Crippen LogP contribution >= 0.6 is 0 Å². The molecule has 1 N–H and O–H groups in total. The third-order valence-electron chi connectivity index (χ3n) is 3.43. The molecule has 0 unspecified atom stereocenters. The number of phenolic OH excluding ortho intramolecular Hbond substituents is 1. The standard InChI is InChI=1S/C19H30O7/c1-22-9-10-24-13-14-26-16-15-25-12-11-23-8-2-3-19(21)17-4-6-18(20)7-5-17/h4-7,20H,2-3,8-16H2,1H3. The van der Waals surface area contributed by atoms with Crippen LogP contribution in [-0.2, 0) is 23.7 Å². The van der Waals surface area contributed by atoms with Crippen LogP contribution in [0.5, 0.6) is 5.75 Å². The fourth-order valence-electron chi connectivity index (χ4n) is 2.03. The van der Waals surface area contributed by atoms with Crippen molar-refractivity contribution >= 4 is 5.78 Å². The zero-order chi connectivity index (χ0) is 18.9. The van der Waals surface area contributed by atoms with Crippen molar-refractivity contribution in [3.05, 3.63) is 29.8 Å². The smallest absolute Gasteiger partial charge is 0.162 e. The summed E-state index contributed by atoms with van der Waals surface area (Å²) in [5.41, 5.74) is 0.607. The summed E-state index contributed by atoms with van der Waals surface area (Å²) in [6, 6.07) is 6.28. The van der Waals surface area contributed by atoms with Gasteiger partial charge in [-0.1, -0.05) is 0 Å². The molecule has 1 rings (SSSR count). The Hall–Kier alpha value is -1.51. The summed E-state index contributed by atoms with van der Waals surface area (Å²) in [7, 11) is 1.64. The Balaban J connectivity index is 1.82. The van der Waals surface area contributed by atoms with E-state index in [0.29, 0.717) is 77.9 Å². The van der Waals surface area contributed by atoms with Gasteiger partial charge in [0.25, 0.3) is 0 Å². The molecule has 0 radical (unpaired) electrons. The zero-order valence-corrected chi connectivity index (χ0v) is 15.5. The molecule has 0 aliphatic heterocycles. The Morgan fingerprint density at radius 3 is 1.73 bits per heavy atom. The number of ether oxygens (including phenoxy) is 5. The molecule has 0 aliphatic rings. The van der Waals surface area contributed by atoms with Crippen molar-refractivity contribution in [1.29, 1.82) is 0 Å². The molecule has 148 valence electrons. The molecule has 0 amide bonds. The van der Waals surface area contributed by atoms with Gasteiger partial charge in [-0.3, -0.25) is 4.79 Å². The minimum absolute atomic E-state index is 0.0493. The third kappa shape index (κ3) is 11.9. The molecule has 0 heterocycles. The maximum absolute atomic E-state index is 11.9. The van der Waals surface area contributed by atoms with Crippen molar-refractivity contribution < 1.29 is 33.6 Å². The van der Waals surface area contributed by atoms with Gasteiger partial charge < -0.3 is 28.8 Å². The molecule has 0 bridgehead atoms. The van der Waals surface area contributed by atoms with Crippen LogP contribution < -0.4 is 0 Å². The Labute approximate surface area is 155 Å². The molecule has 7 nitrogen and oxygen atoms in total. The lowest BCUT2D eigenvalue weighted by Gasteiger charge is -2.07. The first-order valence-corrected chi connectivity index (χ1v) is 8.86. The second kappa shape index (κ2) is 15.7. The van der Waals surface area contributed by atoms with E-state index >= 15 is 0 Å². The van der Waals surface area contributed by atoms with Crippen LogP contribution in [0.1, 0.15) is 23.2 Å². The third-order valence-corrected chi connectivity index (χ3v) is 3.43. The highest BCUT2D eigenvalue weighted by molar-refractivity contribution is 5.96. The molecule has 0 aliphatic carbocycles. The monoisotopic (exact) mass is 370 g/mol. The Bertz CT molecular complexity index is 461. The first kappa shape index (κ1) is 22.5. The van der Waals surface area contributed by atoms with Crippen molar-refractivity contribution in [3.8, 4) is 5.75 Å². The van der Waals surface area contributed by atoms with E-state index in [1.165, 1.54) is 12.1 Å². The van der Waals surface area contributed by atoms with E-state index in [0.717, 1.165) is 0 Å². The zero-order valence-electron chi connectivity index (χ0n) is 15.5. The number of Topliss-reactive ketones (excluding diaryl/α,β-unsaturated/α-hetero) is 1. The van der Waals surface area contributed by atoms with Gasteiger partial charge in [-0.05, 0) is 30.7 Å². The van der Waals surface area contributed by atoms with Crippen molar-refractivity contribution in [2.75, 3.05) is 66.6 Å². The molecule has 0 atom stereocenters. The van der Waals surface area contributed by atoms with Crippen LogP contribution in [0.25, 0.3) is 0 Å². The Kier molecular flexibility index (Phi) is 13.6. The van der Waals surface area contributed by atoms with E-state index < -0.39 is 0 Å². The number of hydrogen-bond donors (Lipinski definition) is 1. The number of carbonyl (C=O) groups is 1. The summed E-state index contributed by atoms with van der Waals surface area (Å²) in [4.78, 5) is 11.9. The number of hydrogen-bond acceptors (Lipinski definition) is 7. The summed E-state index contributed by atoms with van der Waals surface area (Å²) >= 11 is 0. The SMILES string of the molecule is COCCOCCOCCOCCOCCCC(=O)c1ccc(O)cc1. The average Bonchev–Trinajstić information content (AvgIpc) is 2.65. The lowest BCUT2D eigenvalue weighted by atomic mass is 10.1. The van der Waals surface area contributed by atoms with Gasteiger partial charge in [-0.15, -0.1) is 0 Å². The average molecular weight is 370 g/mol. The van der Waals surface area contributed by atoms with E-state index in [1.807, 2.05) is 0 Å². The van der Waals surface area contributed by atoms with Gasteiger partial charge in [0.1, 0.15) is 5.75 Å². The maximum Gasteiger partial charge on any atom is 0.162 e. The number of rotatable bonds is 17. The summed E-state index contributed by atoms with van der Waals surface area (Å²) < 4.78 is 26.3.